The van der Waals surface area contributed by atoms with Crippen molar-refractivity contribution in [2.45, 2.75) is 25.1 Å². The van der Waals surface area contributed by atoms with E-state index in [4.69, 9.17) is 10.2 Å². The molecule has 0 saturated heterocycles. The molecular weight excluding hydrogens is 437 g/mol. The van der Waals surface area contributed by atoms with Gasteiger partial charge in [0.15, 0.2) is 0 Å². The maximum Gasteiger partial charge on any atom is 0.391 e. The molecule has 0 spiro atoms. The van der Waals surface area contributed by atoms with Gasteiger partial charge in [-0.1, -0.05) is 17.3 Å². The normalized spacial score (nSPS) is 12.9. The van der Waals surface area contributed by atoms with Gasteiger partial charge >= 0.3 is 12.6 Å². The van der Waals surface area contributed by atoms with E-state index >= 15 is 0 Å². The van der Waals surface area contributed by atoms with Crippen molar-refractivity contribution in [3.8, 4) is 22.7 Å². The van der Waals surface area contributed by atoms with E-state index in [2.05, 4.69) is 25.5 Å². The predicted octanol–water partition coefficient (Wildman–Crippen LogP) is 4.45. The van der Waals surface area contributed by atoms with Crippen molar-refractivity contribution in [3.05, 3.63) is 60.2 Å². The molecule has 0 aliphatic heterocycles. The van der Waals surface area contributed by atoms with Crippen LogP contribution >= 0.6 is 0 Å². The molecule has 4 rings (SSSR count). The van der Waals surface area contributed by atoms with Gasteiger partial charge in [-0.2, -0.15) is 22.0 Å². The summed E-state index contributed by atoms with van der Waals surface area (Å²) in [4.78, 5) is 3.93. The summed E-state index contributed by atoms with van der Waals surface area (Å²) in [7, 11) is 0. The van der Waals surface area contributed by atoms with Gasteiger partial charge in [-0.15, -0.1) is 15.3 Å². The molecule has 3 aromatic heterocycles. The van der Waals surface area contributed by atoms with E-state index in [-0.39, 0.29) is 22.8 Å². The average molecular weight is 451 g/mol. The van der Waals surface area contributed by atoms with Crippen molar-refractivity contribution >= 4 is 5.82 Å². The van der Waals surface area contributed by atoms with Crippen molar-refractivity contribution in [2.75, 3.05) is 5.73 Å². The second kappa shape index (κ2) is 8.32. The Balaban J connectivity index is 1.64. The highest BCUT2D eigenvalue weighted by molar-refractivity contribution is 5.58. The minimum atomic E-state index is -4.49. The lowest BCUT2D eigenvalue weighted by Gasteiger charge is -2.19. The third-order valence-corrected chi connectivity index (χ3v) is 4.51. The van der Waals surface area contributed by atoms with Gasteiger partial charge in [0.1, 0.15) is 11.5 Å². The highest BCUT2D eigenvalue weighted by Gasteiger charge is 2.34. The lowest BCUT2D eigenvalue weighted by atomic mass is 10.0. The summed E-state index contributed by atoms with van der Waals surface area (Å²) in [5.74, 6) is -0.720. The highest BCUT2D eigenvalue weighted by Crippen LogP contribution is 2.34. The Morgan fingerprint density at radius 2 is 1.69 bits per heavy atom. The summed E-state index contributed by atoms with van der Waals surface area (Å²) in [6.45, 7) is 0. The molecule has 3 heterocycles. The van der Waals surface area contributed by atoms with Crippen molar-refractivity contribution < 1.29 is 26.4 Å². The fourth-order valence-electron chi connectivity index (χ4n) is 2.99. The average Bonchev–Trinajstić information content (AvgIpc) is 3.42. The molecule has 0 amide bonds. The van der Waals surface area contributed by atoms with Crippen LogP contribution in [0.1, 0.15) is 30.3 Å². The monoisotopic (exact) mass is 451 g/mol. The van der Waals surface area contributed by atoms with E-state index < -0.39 is 31.0 Å². The molecule has 4 aromatic rings. The number of hydrogen-bond acceptors (Lipinski definition) is 7. The maximum absolute atomic E-state index is 13.3. The molecule has 0 aliphatic carbocycles. The van der Waals surface area contributed by atoms with Crippen molar-refractivity contribution in [1.82, 2.24) is 30.2 Å². The van der Waals surface area contributed by atoms with E-state index in [1.54, 1.807) is 6.07 Å². The lowest BCUT2D eigenvalue weighted by Crippen LogP contribution is -2.20. The van der Waals surface area contributed by atoms with E-state index in [0.29, 0.717) is 11.3 Å². The van der Waals surface area contributed by atoms with Gasteiger partial charge in [0.2, 0.25) is 5.89 Å². The van der Waals surface area contributed by atoms with Gasteiger partial charge in [-0.05, 0) is 29.8 Å². The Hall–Kier alpha value is -3.90. The SMILES string of the molecule is Nc1ccc(-c2cn(C(CC(F)(F)F)c3ccc(-c4nnc(C(F)F)o4)cc3)nn2)cn1. The topological polar surface area (TPSA) is 109 Å². The number of nitrogens with zero attached hydrogens (tertiary/aromatic N) is 6. The molecule has 0 aliphatic rings. The molecule has 166 valence electrons. The van der Waals surface area contributed by atoms with Gasteiger partial charge in [0.25, 0.3) is 5.89 Å². The molecule has 2 N–H and O–H groups in total. The molecule has 1 atom stereocenters. The number of rotatable bonds is 6. The first-order valence-corrected chi connectivity index (χ1v) is 9.12. The van der Waals surface area contributed by atoms with Crippen molar-refractivity contribution in [3.63, 3.8) is 0 Å². The van der Waals surface area contributed by atoms with Crippen LogP contribution in [0.4, 0.5) is 27.8 Å². The predicted molar refractivity (Wildman–Crippen MR) is 101 cm³/mol. The highest BCUT2D eigenvalue weighted by atomic mass is 19.4. The lowest BCUT2D eigenvalue weighted by molar-refractivity contribution is -0.140. The number of halogens is 5. The van der Waals surface area contributed by atoms with Crippen LogP contribution in [0.5, 0.6) is 0 Å². The van der Waals surface area contributed by atoms with E-state index in [1.807, 2.05) is 0 Å². The maximum atomic E-state index is 13.3. The van der Waals surface area contributed by atoms with Gasteiger partial charge in [-0.3, -0.25) is 0 Å². The molecule has 0 saturated carbocycles. The Kier molecular flexibility index (Phi) is 5.55. The zero-order valence-corrected chi connectivity index (χ0v) is 16.0. The standard InChI is InChI=1S/C19H14F5N7O/c20-16(21)18-29-28-17(32-18)11-3-1-10(2-4-11)14(7-19(22,23)24)31-9-13(27-30-31)12-5-6-15(25)26-8-12/h1-6,8-9,14,16H,7H2,(H2,25,26). The van der Waals surface area contributed by atoms with Gasteiger partial charge in [0, 0.05) is 17.3 Å². The van der Waals surface area contributed by atoms with Gasteiger partial charge < -0.3 is 10.2 Å². The third kappa shape index (κ3) is 4.71. The molecule has 13 heteroatoms. The number of benzene rings is 1. The molecule has 1 unspecified atom stereocenters. The quantitative estimate of drug-likeness (QED) is 0.432. The molecule has 32 heavy (non-hydrogen) atoms. The molecule has 1 aromatic carbocycles. The molecule has 0 bridgehead atoms. The van der Waals surface area contributed by atoms with Gasteiger partial charge in [-0.25, -0.2) is 9.67 Å². The van der Waals surface area contributed by atoms with E-state index in [9.17, 15) is 22.0 Å². The minimum Gasteiger partial charge on any atom is -0.415 e. The van der Waals surface area contributed by atoms with Crippen LogP contribution in [0.15, 0.2) is 53.2 Å². The molecular formula is C19H14F5N7O. The van der Waals surface area contributed by atoms with E-state index in [0.717, 1.165) is 4.68 Å². The van der Waals surface area contributed by atoms with Crippen LogP contribution in [0.2, 0.25) is 0 Å². The Labute approximate surface area is 176 Å². The van der Waals surface area contributed by atoms with E-state index in [1.165, 1.54) is 42.7 Å². The first kappa shape index (κ1) is 21.3. The number of hydrogen-bond donors (Lipinski definition) is 1. The summed E-state index contributed by atoms with van der Waals surface area (Å²) in [5, 5.41) is 14.6. The number of anilines is 1. The third-order valence-electron chi connectivity index (χ3n) is 4.51. The first-order chi connectivity index (χ1) is 15.2. The smallest absolute Gasteiger partial charge is 0.391 e. The summed E-state index contributed by atoms with van der Waals surface area (Å²) in [5.41, 5.74) is 6.96. The first-order valence-electron chi connectivity index (χ1n) is 9.12. The molecule has 0 radical (unpaired) electrons. The van der Waals surface area contributed by atoms with Crippen LogP contribution in [-0.4, -0.2) is 36.4 Å². The zero-order chi connectivity index (χ0) is 22.9. The molecule has 8 nitrogen and oxygen atoms in total. The largest absolute Gasteiger partial charge is 0.415 e. The summed E-state index contributed by atoms with van der Waals surface area (Å²) < 4.78 is 71.1. The summed E-state index contributed by atoms with van der Waals surface area (Å²) in [6.07, 6.45) is -5.80. The fraction of sp³-hybridized carbons (Fsp3) is 0.211. The van der Waals surface area contributed by atoms with Crippen LogP contribution in [0, 0.1) is 0 Å². The molecule has 0 fully saturated rings. The minimum absolute atomic E-state index is 0.168. The summed E-state index contributed by atoms with van der Waals surface area (Å²) in [6, 6.07) is 7.58. The fourth-order valence-corrected chi connectivity index (χ4v) is 2.99. The van der Waals surface area contributed by atoms with Crippen LogP contribution in [0.25, 0.3) is 22.7 Å². The number of nitrogen functional groups attached to an aromatic ring is 1. The van der Waals surface area contributed by atoms with Gasteiger partial charge in [0.05, 0.1) is 18.7 Å². The van der Waals surface area contributed by atoms with Crippen molar-refractivity contribution in [1.29, 1.82) is 0 Å². The number of aromatic nitrogens is 6. The van der Waals surface area contributed by atoms with Crippen LogP contribution in [0.3, 0.4) is 0 Å². The number of nitrogens with two attached hydrogens (primary N) is 1. The Morgan fingerprint density at radius 3 is 2.28 bits per heavy atom. The van der Waals surface area contributed by atoms with Crippen LogP contribution in [-0.2, 0) is 0 Å². The Bertz CT molecular complexity index is 1190. The second-order valence-electron chi connectivity index (χ2n) is 6.76. The number of alkyl halides is 5. The van der Waals surface area contributed by atoms with Crippen LogP contribution < -0.4 is 5.73 Å². The second-order valence-corrected chi connectivity index (χ2v) is 6.76. The zero-order valence-electron chi connectivity index (χ0n) is 16.0. The van der Waals surface area contributed by atoms with Crippen molar-refractivity contribution in [2.24, 2.45) is 0 Å². The summed E-state index contributed by atoms with van der Waals surface area (Å²) >= 11 is 0. The Morgan fingerprint density at radius 1 is 0.969 bits per heavy atom. The number of pyridine rings is 1.